The summed E-state index contributed by atoms with van der Waals surface area (Å²) in [6, 6.07) is 0. The van der Waals surface area contributed by atoms with Gasteiger partial charge < -0.3 is 9.64 Å². The Hall–Kier alpha value is -0.570. The summed E-state index contributed by atoms with van der Waals surface area (Å²) in [5.74, 6) is 0. The van der Waals surface area contributed by atoms with Gasteiger partial charge in [0, 0.05) is 6.54 Å². The van der Waals surface area contributed by atoms with Crippen LogP contribution in [0.4, 0.5) is 0 Å². The predicted octanol–water partition coefficient (Wildman–Crippen LogP) is 0.211. The number of ether oxygens (including phenoxy) is 1. The van der Waals surface area contributed by atoms with E-state index in [1.165, 1.54) is 0 Å². The molecule has 0 aromatic rings. The first-order valence-electron chi connectivity index (χ1n) is 3.03. The van der Waals surface area contributed by atoms with E-state index < -0.39 is 0 Å². The maximum absolute atomic E-state index is 10.3. The van der Waals surface area contributed by atoms with Gasteiger partial charge in [-0.2, -0.15) is 0 Å². The Morgan fingerprint density at radius 2 is 2.33 bits per heavy atom. The molecule has 0 atom stereocenters. The lowest BCUT2D eigenvalue weighted by Gasteiger charge is -2.25. The molecule has 0 N–H and O–H groups in total. The Balaban J connectivity index is 2.62. The first kappa shape index (κ1) is 6.55. The summed E-state index contributed by atoms with van der Waals surface area (Å²) in [6.45, 7) is 5.14. The quantitative estimate of drug-likeness (QED) is 0.474. The number of rotatable bonds is 1. The van der Waals surface area contributed by atoms with E-state index in [9.17, 15) is 4.79 Å². The molecule has 0 aliphatic carbocycles. The van der Waals surface area contributed by atoms with Crippen LogP contribution in [-0.4, -0.2) is 30.2 Å². The highest BCUT2D eigenvalue weighted by atomic mass is 16.5. The van der Waals surface area contributed by atoms with Gasteiger partial charge in [0.15, 0.2) is 0 Å². The monoisotopic (exact) mass is 129 g/mol. The van der Waals surface area contributed by atoms with Crippen LogP contribution in [0.15, 0.2) is 0 Å². The van der Waals surface area contributed by atoms with Crippen LogP contribution in [0.5, 0.6) is 0 Å². The van der Waals surface area contributed by atoms with Gasteiger partial charge >= 0.3 is 0 Å². The standard InChI is InChI=1S/C6H11NO2/c1-6(2)7(5-8)3-4-9-6/h5H,3-4H2,1-2H3. The Morgan fingerprint density at radius 3 is 2.56 bits per heavy atom. The fourth-order valence-corrected chi connectivity index (χ4v) is 0.926. The van der Waals surface area contributed by atoms with Crippen molar-refractivity contribution in [1.82, 2.24) is 4.90 Å². The van der Waals surface area contributed by atoms with Crippen LogP contribution in [0.1, 0.15) is 13.8 Å². The highest BCUT2D eigenvalue weighted by Gasteiger charge is 2.31. The normalized spacial score (nSPS) is 24.4. The van der Waals surface area contributed by atoms with Crippen LogP contribution in [-0.2, 0) is 9.53 Å². The van der Waals surface area contributed by atoms with Gasteiger partial charge in [-0.3, -0.25) is 4.79 Å². The number of nitrogens with zero attached hydrogens (tertiary/aromatic N) is 1. The fraction of sp³-hybridized carbons (Fsp3) is 0.833. The van der Waals surface area contributed by atoms with E-state index in [1.54, 1.807) is 4.90 Å². The molecular weight excluding hydrogens is 118 g/mol. The Morgan fingerprint density at radius 1 is 1.67 bits per heavy atom. The van der Waals surface area contributed by atoms with Crippen molar-refractivity contribution in [3.63, 3.8) is 0 Å². The molecule has 0 unspecified atom stereocenters. The van der Waals surface area contributed by atoms with Crippen molar-refractivity contribution < 1.29 is 9.53 Å². The van der Waals surface area contributed by atoms with Crippen molar-refractivity contribution in [2.24, 2.45) is 0 Å². The zero-order chi connectivity index (χ0) is 6.91. The number of amides is 1. The van der Waals surface area contributed by atoms with Crippen LogP contribution in [0.3, 0.4) is 0 Å². The minimum Gasteiger partial charge on any atom is -0.354 e. The number of hydrogen-bond donors (Lipinski definition) is 0. The molecule has 3 nitrogen and oxygen atoms in total. The smallest absolute Gasteiger partial charge is 0.212 e. The molecule has 1 heterocycles. The molecule has 0 spiro atoms. The van der Waals surface area contributed by atoms with Crippen molar-refractivity contribution in [2.75, 3.05) is 13.2 Å². The zero-order valence-corrected chi connectivity index (χ0v) is 5.76. The molecule has 1 fully saturated rings. The molecule has 1 saturated heterocycles. The van der Waals surface area contributed by atoms with Crippen molar-refractivity contribution in [1.29, 1.82) is 0 Å². The lowest BCUT2D eigenvalue weighted by Crippen LogP contribution is -2.37. The Bertz CT molecular complexity index is 122. The highest BCUT2D eigenvalue weighted by Crippen LogP contribution is 2.19. The maximum Gasteiger partial charge on any atom is 0.212 e. The lowest BCUT2D eigenvalue weighted by molar-refractivity contribution is -0.130. The number of carbonyl (C=O) groups excluding carboxylic acids is 1. The predicted molar refractivity (Wildman–Crippen MR) is 32.8 cm³/mol. The largest absolute Gasteiger partial charge is 0.354 e. The minimum absolute atomic E-state index is 0.373. The van der Waals surface area contributed by atoms with E-state index in [1.807, 2.05) is 13.8 Å². The number of hydrogen-bond acceptors (Lipinski definition) is 2. The van der Waals surface area contributed by atoms with Gasteiger partial charge in [-0.15, -0.1) is 0 Å². The molecule has 3 heteroatoms. The average Bonchev–Trinajstić information content (AvgIpc) is 2.08. The number of carbonyl (C=O) groups is 1. The van der Waals surface area contributed by atoms with Crippen LogP contribution < -0.4 is 0 Å². The summed E-state index contributed by atoms with van der Waals surface area (Å²) in [6.07, 6.45) is 0.826. The molecule has 9 heavy (non-hydrogen) atoms. The van der Waals surface area contributed by atoms with E-state index in [-0.39, 0.29) is 5.72 Å². The van der Waals surface area contributed by atoms with Crippen molar-refractivity contribution in [2.45, 2.75) is 19.6 Å². The molecule has 0 aromatic carbocycles. The summed E-state index contributed by atoms with van der Waals surface area (Å²) in [5, 5.41) is 0. The van der Waals surface area contributed by atoms with Crippen molar-refractivity contribution in [3.8, 4) is 0 Å². The molecule has 0 bridgehead atoms. The van der Waals surface area contributed by atoms with Gasteiger partial charge in [0.1, 0.15) is 5.72 Å². The van der Waals surface area contributed by atoms with E-state index >= 15 is 0 Å². The summed E-state index contributed by atoms with van der Waals surface area (Å²) in [5.41, 5.74) is -0.373. The molecular formula is C6H11NO2. The summed E-state index contributed by atoms with van der Waals surface area (Å²) in [4.78, 5) is 11.9. The Kier molecular flexibility index (Phi) is 1.45. The van der Waals surface area contributed by atoms with Crippen LogP contribution in [0, 0.1) is 0 Å². The van der Waals surface area contributed by atoms with Gasteiger partial charge in [0.05, 0.1) is 6.61 Å². The molecule has 0 radical (unpaired) electrons. The first-order chi connectivity index (χ1) is 4.17. The van der Waals surface area contributed by atoms with Crippen LogP contribution >= 0.6 is 0 Å². The average molecular weight is 129 g/mol. The van der Waals surface area contributed by atoms with Crippen LogP contribution in [0.25, 0.3) is 0 Å². The second-order valence-corrected chi connectivity index (χ2v) is 2.59. The summed E-state index contributed by atoms with van der Waals surface area (Å²) in [7, 11) is 0. The summed E-state index contributed by atoms with van der Waals surface area (Å²) >= 11 is 0. The first-order valence-corrected chi connectivity index (χ1v) is 3.03. The fourth-order valence-electron chi connectivity index (χ4n) is 0.926. The van der Waals surface area contributed by atoms with Crippen molar-refractivity contribution in [3.05, 3.63) is 0 Å². The van der Waals surface area contributed by atoms with Crippen LogP contribution in [0.2, 0.25) is 0 Å². The van der Waals surface area contributed by atoms with Gasteiger partial charge in [0.25, 0.3) is 0 Å². The minimum atomic E-state index is -0.373. The zero-order valence-electron chi connectivity index (χ0n) is 5.76. The van der Waals surface area contributed by atoms with E-state index in [4.69, 9.17) is 4.74 Å². The van der Waals surface area contributed by atoms with E-state index in [2.05, 4.69) is 0 Å². The third-order valence-corrected chi connectivity index (χ3v) is 1.61. The molecule has 1 aliphatic rings. The molecule has 0 saturated carbocycles. The third-order valence-electron chi connectivity index (χ3n) is 1.61. The molecule has 1 amide bonds. The van der Waals surface area contributed by atoms with E-state index in [0.29, 0.717) is 6.61 Å². The molecule has 0 aromatic heterocycles. The molecule has 1 aliphatic heterocycles. The maximum atomic E-state index is 10.3. The Labute approximate surface area is 54.6 Å². The third kappa shape index (κ3) is 1.05. The second kappa shape index (κ2) is 1.99. The second-order valence-electron chi connectivity index (χ2n) is 2.59. The summed E-state index contributed by atoms with van der Waals surface area (Å²) < 4.78 is 5.24. The van der Waals surface area contributed by atoms with Gasteiger partial charge in [0.2, 0.25) is 6.41 Å². The van der Waals surface area contributed by atoms with Gasteiger partial charge in [-0.05, 0) is 13.8 Å². The lowest BCUT2D eigenvalue weighted by atomic mass is 10.3. The van der Waals surface area contributed by atoms with Gasteiger partial charge in [-0.25, -0.2) is 0 Å². The van der Waals surface area contributed by atoms with E-state index in [0.717, 1.165) is 13.0 Å². The molecule has 1 rings (SSSR count). The topological polar surface area (TPSA) is 29.5 Å². The van der Waals surface area contributed by atoms with Crippen molar-refractivity contribution >= 4 is 6.41 Å². The SMILES string of the molecule is CC1(C)OCCN1C=O. The highest BCUT2D eigenvalue weighted by molar-refractivity contribution is 5.48. The van der Waals surface area contributed by atoms with Gasteiger partial charge in [-0.1, -0.05) is 0 Å². The molecule has 52 valence electrons.